The minimum Gasteiger partial charge on any atom is -0.489 e. The zero-order valence-electron chi connectivity index (χ0n) is 9.43. The van der Waals surface area contributed by atoms with Crippen molar-refractivity contribution in [2.45, 2.75) is 37.3 Å². The zero-order valence-corrected chi connectivity index (χ0v) is 9.43. The van der Waals surface area contributed by atoms with Crippen molar-refractivity contribution in [3.63, 3.8) is 0 Å². The van der Waals surface area contributed by atoms with E-state index in [0.29, 0.717) is 12.0 Å². The number of hydrogen-bond acceptors (Lipinski definition) is 2. The van der Waals surface area contributed by atoms with Crippen LogP contribution in [0.2, 0.25) is 0 Å². The molecule has 2 nitrogen and oxygen atoms in total. The number of para-hydroxylation sites is 1. The monoisotopic (exact) mass is 215 g/mol. The summed E-state index contributed by atoms with van der Waals surface area (Å²) < 4.78 is 6.07. The van der Waals surface area contributed by atoms with Crippen LogP contribution in [0.1, 0.15) is 30.7 Å². The van der Waals surface area contributed by atoms with Gasteiger partial charge in [0.25, 0.3) is 0 Å². The van der Waals surface area contributed by atoms with Crippen LogP contribution >= 0.6 is 0 Å². The average Bonchev–Trinajstić information content (AvgIpc) is 3.12. The lowest BCUT2D eigenvalue weighted by molar-refractivity contribution is 0.0529. The predicted molar refractivity (Wildman–Crippen MR) is 62.8 cm³/mol. The quantitative estimate of drug-likeness (QED) is 0.713. The molecule has 2 bridgehead atoms. The standard InChI is InChI=1S/C14H17NO/c1-2-4-14-13(3-1)10-7-12(16-14)9-15(8-10)11-5-6-11/h1-4,10-12H,5-9H2. The van der Waals surface area contributed by atoms with Crippen LogP contribution < -0.4 is 4.74 Å². The SMILES string of the molecule is c1ccc2c(c1)OC1CC2CN(C2CC2)C1. The van der Waals surface area contributed by atoms with Crippen LogP contribution in [0.3, 0.4) is 0 Å². The van der Waals surface area contributed by atoms with E-state index in [2.05, 4.69) is 29.2 Å². The third-order valence-electron chi connectivity index (χ3n) is 4.16. The van der Waals surface area contributed by atoms with Crippen molar-refractivity contribution in [3.8, 4) is 5.75 Å². The molecule has 4 rings (SSSR count). The highest BCUT2D eigenvalue weighted by Crippen LogP contribution is 2.42. The second-order valence-corrected chi connectivity index (χ2v) is 5.40. The van der Waals surface area contributed by atoms with Gasteiger partial charge in [-0.3, -0.25) is 4.90 Å². The van der Waals surface area contributed by atoms with Crippen molar-refractivity contribution < 1.29 is 4.74 Å². The fourth-order valence-corrected chi connectivity index (χ4v) is 3.24. The molecule has 0 amide bonds. The maximum atomic E-state index is 6.07. The normalized spacial score (nSPS) is 33.0. The van der Waals surface area contributed by atoms with Crippen LogP contribution in [0.25, 0.3) is 0 Å². The molecule has 2 unspecified atom stereocenters. The van der Waals surface area contributed by atoms with Gasteiger partial charge in [0, 0.05) is 25.0 Å². The molecule has 3 aliphatic rings. The first kappa shape index (κ1) is 9.06. The first-order chi connectivity index (χ1) is 7.90. The number of fused-ring (bicyclic) bond motifs is 4. The van der Waals surface area contributed by atoms with Crippen molar-refractivity contribution in [3.05, 3.63) is 29.8 Å². The van der Waals surface area contributed by atoms with Gasteiger partial charge in [-0.25, -0.2) is 0 Å². The number of piperidine rings is 1. The number of likely N-dealkylation sites (tertiary alicyclic amines) is 1. The molecule has 0 N–H and O–H groups in total. The Labute approximate surface area is 96.2 Å². The van der Waals surface area contributed by atoms with Crippen LogP contribution in [0.4, 0.5) is 0 Å². The van der Waals surface area contributed by atoms with Gasteiger partial charge in [0.15, 0.2) is 0 Å². The van der Waals surface area contributed by atoms with Gasteiger partial charge in [0.1, 0.15) is 11.9 Å². The summed E-state index contributed by atoms with van der Waals surface area (Å²) in [5.74, 6) is 1.85. The van der Waals surface area contributed by atoms with Gasteiger partial charge < -0.3 is 4.74 Å². The van der Waals surface area contributed by atoms with Crippen LogP contribution in [0.15, 0.2) is 24.3 Å². The molecule has 84 valence electrons. The fourth-order valence-electron chi connectivity index (χ4n) is 3.24. The summed E-state index contributed by atoms with van der Waals surface area (Å²) in [6, 6.07) is 9.46. The van der Waals surface area contributed by atoms with Crippen LogP contribution in [-0.4, -0.2) is 30.1 Å². The molecule has 2 fully saturated rings. The minimum absolute atomic E-state index is 0.439. The van der Waals surface area contributed by atoms with Crippen molar-refractivity contribution in [1.29, 1.82) is 0 Å². The Morgan fingerprint density at radius 3 is 2.88 bits per heavy atom. The molecular formula is C14H17NO. The van der Waals surface area contributed by atoms with Gasteiger partial charge in [0.05, 0.1) is 0 Å². The van der Waals surface area contributed by atoms with Crippen LogP contribution in [0.5, 0.6) is 5.75 Å². The number of nitrogens with zero attached hydrogens (tertiary/aromatic N) is 1. The van der Waals surface area contributed by atoms with E-state index in [1.165, 1.54) is 31.4 Å². The molecule has 1 saturated carbocycles. The number of hydrogen-bond donors (Lipinski definition) is 0. The van der Waals surface area contributed by atoms with Crippen molar-refractivity contribution in [2.75, 3.05) is 13.1 Å². The smallest absolute Gasteiger partial charge is 0.123 e. The van der Waals surface area contributed by atoms with E-state index >= 15 is 0 Å². The Kier molecular flexibility index (Phi) is 1.83. The number of rotatable bonds is 1. The van der Waals surface area contributed by atoms with E-state index in [9.17, 15) is 0 Å². The summed E-state index contributed by atoms with van der Waals surface area (Å²) in [6.07, 6.45) is 4.47. The third-order valence-corrected chi connectivity index (χ3v) is 4.16. The van der Waals surface area contributed by atoms with E-state index in [-0.39, 0.29) is 0 Å². The van der Waals surface area contributed by atoms with E-state index in [1.807, 2.05) is 0 Å². The van der Waals surface area contributed by atoms with Gasteiger partial charge in [0.2, 0.25) is 0 Å². The maximum absolute atomic E-state index is 6.07. The van der Waals surface area contributed by atoms with Crippen LogP contribution in [-0.2, 0) is 0 Å². The van der Waals surface area contributed by atoms with Gasteiger partial charge in [-0.05, 0) is 30.9 Å². The lowest BCUT2D eigenvalue weighted by atomic mass is 9.86. The first-order valence-corrected chi connectivity index (χ1v) is 6.40. The summed E-state index contributed by atoms with van der Waals surface area (Å²) in [5, 5.41) is 0. The molecule has 1 aromatic carbocycles. The summed E-state index contributed by atoms with van der Waals surface area (Å²) in [6.45, 7) is 2.40. The van der Waals surface area contributed by atoms with Crippen LogP contribution in [0, 0.1) is 0 Å². The van der Waals surface area contributed by atoms with Gasteiger partial charge in [-0.2, -0.15) is 0 Å². The van der Waals surface area contributed by atoms with Gasteiger partial charge in [-0.15, -0.1) is 0 Å². The lowest BCUT2D eigenvalue weighted by Crippen LogP contribution is -2.47. The second-order valence-electron chi connectivity index (χ2n) is 5.40. The first-order valence-electron chi connectivity index (χ1n) is 6.40. The van der Waals surface area contributed by atoms with Crippen molar-refractivity contribution in [2.24, 2.45) is 0 Å². The molecule has 1 aliphatic carbocycles. The molecule has 1 saturated heterocycles. The topological polar surface area (TPSA) is 12.5 Å². The highest BCUT2D eigenvalue weighted by molar-refractivity contribution is 5.39. The largest absolute Gasteiger partial charge is 0.489 e. The Morgan fingerprint density at radius 1 is 1.12 bits per heavy atom. The number of benzene rings is 1. The summed E-state index contributed by atoms with van der Waals surface area (Å²) in [7, 11) is 0. The van der Waals surface area contributed by atoms with Gasteiger partial charge in [-0.1, -0.05) is 18.2 Å². The molecule has 2 heteroatoms. The Hall–Kier alpha value is -1.02. The highest BCUT2D eigenvalue weighted by Gasteiger charge is 2.40. The minimum atomic E-state index is 0.439. The molecule has 2 aliphatic heterocycles. The van der Waals surface area contributed by atoms with Gasteiger partial charge >= 0.3 is 0 Å². The molecule has 16 heavy (non-hydrogen) atoms. The van der Waals surface area contributed by atoms with E-state index < -0.39 is 0 Å². The Bertz CT molecular complexity index is 413. The van der Waals surface area contributed by atoms with Crippen molar-refractivity contribution in [1.82, 2.24) is 4.90 Å². The lowest BCUT2D eigenvalue weighted by Gasteiger charge is -2.42. The summed E-state index contributed by atoms with van der Waals surface area (Å²) in [4.78, 5) is 2.65. The molecule has 0 spiro atoms. The summed E-state index contributed by atoms with van der Waals surface area (Å²) in [5.41, 5.74) is 1.43. The average molecular weight is 215 g/mol. The van der Waals surface area contributed by atoms with E-state index in [1.54, 1.807) is 0 Å². The molecular weight excluding hydrogens is 198 g/mol. The van der Waals surface area contributed by atoms with E-state index in [4.69, 9.17) is 4.74 Å². The number of ether oxygens (including phenoxy) is 1. The second kappa shape index (κ2) is 3.24. The summed E-state index contributed by atoms with van der Waals surface area (Å²) >= 11 is 0. The predicted octanol–water partition coefficient (Wildman–Crippen LogP) is 2.40. The maximum Gasteiger partial charge on any atom is 0.123 e. The van der Waals surface area contributed by atoms with E-state index in [0.717, 1.165) is 18.3 Å². The van der Waals surface area contributed by atoms with Crippen molar-refractivity contribution >= 4 is 0 Å². The molecule has 2 atom stereocenters. The third kappa shape index (κ3) is 1.36. The zero-order chi connectivity index (χ0) is 10.5. The Morgan fingerprint density at radius 2 is 2.00 bits per heavy atom. The molecule has 2 heterocycles. The molecule has 1 aromatic rings. The molecule has 0 radical (unpaired) electrons. The molecule has 0 aromatic heterocycles. The highest BCUT2D eigenvalue weighted by atomic mass is 16.5. The fraction of sp³-hybridized carbons (Fsp3) is 0.571. The Balaban J connectivity index is 1.67.